The van der Waals surface area contributed by atoms with Crippen molar-refractivity contribution in [1.82, 2.24) is 14.2 Å². The maximum atomic E-state index is 5.72. The molecule has 5 nitrogen and oxygen atoms in total. The lowest BCUT2D eigenvalue weighted by Crippen LogP contribution is -2.26. The molecule has 0 aliphatic heterocycles. The zero-order valence-electron chi connectivity index (χ0n) is 14.8. The number of rotatable bonds is 3. The van der Waals surface area contributed by atoms with Crippen molar-refractivity contribution in [3.8, 4) is 11.5 Å². The topological polar surface area (TPSA) is 55.9 Å². The molecular formula is C17H23IN4OS. The number of hydrogen-bond acceptors (Lipinski definition) is 5. The summed E-state index contributed by atoms with van der Waals surface area (Å²) in [6.07, 6.45) is 2.13. The summed E-state index contributed by atoms with van der Waals surface area (Å²) >= 11 is 2.28. The summed E-state index contributed by atoms with van der Waals surface area (Å²) in [6.45, 7) is 12.3. The molecule has 0 aliphatic carbocycles. The molecule has 0 radical (unpaired) electrons. The minimum atomic E-state index is -0.112. The summed E-state index contributed by atoms with van der Waals surface area (Å²) in [5, 5.41) is 12.6. The Balaban J connectivity index is 0.00000100. The fourth-order valence-electron chi connectivity index (χ4n) is 2.26. The molecular weight excluding hydrogens is 435 g/mol. The second-order valence-electron chi connectivity index (χ2n) is 6.23. The quantitative estimate of drug-likeness (QED) is 0.482. The highest BCUT2D eigenvalue weighted by atomic mass is 127. The lowest BCUT2D eigenvalue weighted by atomic mass is 10.1. The summed E-state index contributed by atoms with van der Waals surface area (Å²) in [6, 6.07) is 6.64. The van der Waals surface area contributed by atoms with E-state index >= 15 is 0 Å². The fourth-order valence-corrected chi connectivity index (χ4v) is 3.67. The molecule has 1 N–H and O–H groups in total. The highest BCUT2D eigenvalue weighted by molar-refractivity contribution is 14.2. The summed E-state index contributed by atoms with van der Waals surface area (Å²) in [5.41, 5.74) is 3.24. The van der Waals surface area contributed by atoms with Gasteiger partial charge in [0.15, 0.2) is 0 Å². The van der Waals surface area contributed by atoms with Gasteiger partial charge in [-0.3, -0.25) is 3.97 Å². The van der Waals surface area contributed by atoms with E-state index < -0.39 is 0 Å². The number of nitrogens with zero attached hydrogens (tertiary/aromatic N) is 3. The van der Waals surface area contributed by atoms with Crippen molar-refractivity contribution in [1.29, 1.82) is 0 Å². The Morgan fingerprint density at radius 1 is 1.21 bits per heavy atom. The van der Waals surface area contributed by atoms with Crippen molar-refractivity contribution in [3.05, 3.63) is 30.0 Å². The molecule has 2 aromatic heterocycles. The van der Waals surface area contributed by atoms with Crippen LogP contribution in [0.25, 0.3) is 22.4 Å². The highest BCUT2D eigenvalue weighted by Gasteiger charge is 2.16. The molecule has 0 saturated heterocycles. The van der Waals surface area contributed by atoms with Crippen molar-refractivity contribution in [2.24, 2.45) is 0 Å². The molecule has 130 valence electrons. The van der Waals surface area contributed by atoms with Gasteiger partial charge in [0, 0.05) is 53.0 Å². The number of halogens is 1. The molecule has 1 aromatic carbocycles. The van der Waals surface area contributed by atoms with Crippen molar-refractivity contribution in [3.63, 3.8) is 0 Å². The van der Waals surface area contributed by atoms with E-state index in [-0.39, 0.29) is 5.54 Å². The van der Waals surface area contributed by atoms with E-state index in [4.69, 9.17) is 4.42 Å². The Bertz CT molecular complexity index is 820. The van der Waals surface area contributed by atoms with Crippen molar-refractivity contribution >= 4 is 47.2 Å². The highest BCUT2D eigenvalue weighted by Crippen LogP contribution is 2.31. The van der Waals surface area contributed by atoms with Gasteiger partial charge in [-0.1, -0.05) is 18.9 Å². The third-order valence-corrected chi connectivity index (χ3v) is 4.92. The molecule has 3 aromatic rings. The van der Waals surface area contributed by atoms with Crippen molar-refractivity contribution in [2.75, 3.05) is 5.32 Å². The molecule has 7 heteroatoms. The maximum absolute atomic E-state index is 5.72. The number of benzene rings is 1. The van der Waals surface area contributed by atoms with E-state index in [9.17, 15) is 0 Å². The molecule has 0 amide bonds. The first-order chi connectivity index (χ1) is 11.4. The van der Waals surface area contributed by atoms with Crippen molar-refractivity contribution in [2.45, 2.75) is 47.1 Å². The van der Waals surface area contributed by atoms with E-state index in [1.54, 1.807) is 9.12 Å². The Kier molecular flexibility index (Phi) is 6.19. The van der Waals surface area contributed by atoms with Crippen LogP contribution in [0.2, 0.25) is 0 Å². The summed E-state index contributed by atoms with van der Waals surface area (Å²) in [4.78, 5) is 0. The summed E-state index contributed by atoms with van der Waals surface area (Å²) < 4.78 is 7.87. The number of anilines is 1. The van der Waals surface area contributed by atoms with Crippen LogP contribution in [0.4, 0.5) is 6.01 Å². The fraction of sp³-hybridized carbons (Fsp3) is 0.412. The average molecular weight is 458 g/mol. The smallest absolute Gasteiger partial charge is 0.316 e. The van der Waals surface area contributed by atoms with Crippen LogP contribution < -0.4 is 5.32 Å². The zero-order chi connectivity index (χ0) is 17.9. The largest absolute Gasteiger partial charge is 0.403 e. The van der Waals surface area contributed by atoms with Gasteiger partial charge in [0.25, 0.3) is 0 Å². The summed E-state index contributed by atoms with van der Waals surface area (Å²) in [7, 11) is 1.66. The van der Waals surface area contributed by atoms with Gasteiger partial charge >= 0.3 is 6.01 Å². The van der Waals surface area contributed by atoms with Gasteiger partial charge in [-0.2, -0.15) is 0 Å². The number of aryl methyl sites for hydroxylation is 1. The molecule has 0 aliphatic rings. The summed E-state index contributed by atoms with van der Waals surface area (Å²) in [5.74, 6) is 0.530. The second kappa shape index (κ2) is 7.77. The van der Waals surface area contributed by atoms with Gasteiger partial charge in [-0.15, -0.1) is 5.10 Å². The molecule has 0 bridgehead atoms. The van der Waals surface area contributed by atoms with E-state index in [1.165, 1.54) is 16.5 Å². The van der Waals surface area contributed by atoms with Crippen LogP contribution in [0, 0.1) is 6.92 Å². The van der Waals surface area contributed by atoms with Gasteiger partial charge in [0.2, 0.25) is 5.89 Å². The third-order valence-electron chi connectivity index (χ3n) is 3.20. The molecule has 0 spiro atoms. The Morgan fingerprint density at radius 2 is 1.92 bits per heavy atom. The normalized spacial score (nSPS) is 11.3. The molecule has 0 fully saturated rings. The van der Waals surface area contributed by atoms with Crippen LogP contribution in [0.1, 0.15) is 40.2 Å². The third kappa shape index (κ3) is 4.24. The number of aromatic nitrogens is 3. The van der Waals surface area contributed by atoms with Gasteiger partial charge in [-0.25, -0.2) is 0 Å². The predicted octanol–water partition coefficient (Wildman–Crippen LogP) is 6.08. The molecule has 24 heavy (non-hydrogen) atoms. The first kappa shape index (κ1) is 19.1. The minimum absolute atomic E-state index is 0.112. The Hall–Kier alpha value is -1.22. The monoisotopic (exact) mass is 458 g/mol. The van der Waals surface area contributed by atoms with Gasteiger partial charge in [0.1, 0.15) is 0 Å². The maximum Gasteiger partial charge on any atom is 0.316 e. The van der Waals surface area contributed by atoms with Gasteiger partial charge in [0.05, 0.1) is 5.52 Å². The predicted molar refractivity (Wildman–Crippen MR) is 112 cm³/mol. The van der Waals surface area contributed by atoms with Crippen LogP contribution in [-0.4, -0.2) is 19.7 Å². The average Bonchev–Trinajstić information content (AvgIpc) is 3.12. The molecule has 0 unspecified atom stereocenters. The zero-order valence-corrected chi connectivity index (χ0v) is 17.8. The van der Waals surface area contributed by atoms with E-state index in [2.05, 4.69) is 86.7 Å². The SMILES string of the molecule is CC.Cc1cn(SI)c2ccc(-c3nnc(NC(C)(C)C)o3)cc12. The second-order valence-corrected chi connectivity index (χ2v) is 7.94. The lowest BCUT2D eigenvalue weighted by Gasteiger charge is -2.17. The number of fused-ring (bicyclic) bond motifs is 1. The van der Waals surface area contributed by atoms with Gasteiger partial charge < -0.3 is 9.73 Å². The van der Waals surface area contributed by atoms with Gasteiger partial charge in [-0.05, 0) is 51.5 Å². The van der Waals surface area contributed by atoms with Crippen LogP contribution in [0.15, 0.2) is 28.8 Å². The molecule has 0 atom stereocenters. The first-order valence-corrected chi connectivity index (χ1v) is 11.2. The van der Waals surface area contributed by atoms with Crippen LogP contribution in [0.5, 0.6) is 0 Å². The van der Waals surface area contributed by atoms with Crippen LogP contribution >= 0.6 is 30.3 Å². The van der Waals surface area contributed by atoms with E-state index in [0.717, 1.165) is 5.56 Å². The van der Waals surface area contributed by atoms with E-state index in [1.807, 2.05) is 19.9 Å². The van der Waals surface area contributed by atoms with Crippen LogP contribution in [0.3, 0.4) is 0 Å². The number of hydrogen-bond donors (Lipinski definition) is 1. The van der Waals surface area contributed by atoms with E-state index in [0.29, 0.717) is 11.9 Å². The minimum Gasteiger partial charge on any atom is -0.403 e. The molecule has 0 saturated carbocycles. The Morgan fingerprint density at radius 3 is 2.54 bits per heavy atom. The first-order valence-electron chi connectivity index (χ1n) is 7.90. The number of nitrogens with one attached hydrogen (secondary N) is 1. The molecule has 2 heterocycles. The van der Waals surface area contributed by atoms with Crippen molar-refractivity contribution < 1.29 is 4.42 Å². The molecule has 3 rings (SSSR count). The Labute approximate surface area is 159 Å². The lowest BCUT2D eigenvalue weighted by molar-refractivity contribution is 0.538. The standard InChI is InChI=1S/C15H17IN4OS.C2H6/c1-9-8-20(22-16)12-6-5-10(7-11(9)12)13-18-19-14(21-13)17-15(2,3)4;1-2/h5-8H,1-4H3,(H,17,19);1-2H3. The van der Waals surface area contributed by atoms with Crippen LogP contribution in [-0.2, 0) is 0 Å².